The summed E-state index contributed by atoms with van der Waals surface area (Å²) in [5.74, 6) is 0.921. The molecule has 3 nitrogen and oxygen atoms in total. The molecule has 13 heavy (non-hydrogen) atoms. The predicted octanol–water partition coefficient (Wildman–Crippen LogP) is 1.14. The fourth-order valence-corrected chi connectivity index (χ4v) is 2.15. The summed E-state index contributed by atoms with van der Waals surface area (Å²) in [7, 11) is 3.45. The monoisotopic (exact) mass is 185 g/mol. The molecule has 1 aliphatic heterocycles. The van der Waals surface area contributed by atoms with Crippen molar-refractivity contribution in [3.63, 3.8) is 0 Å². The van der Waals surface area contributed by atoms with Crippen LogP contribution in [0.5, 0.6) is 0 Å². The standard InChI is InChI=1S/C10H19NO2/c1-7(2)8-5-6-11(3)9(8)10(12)13-4/h7-9H,5-6H2,1-4H3. The Morgan fingerprint density at radius 3 is 2.62 bits per heavy atom. The van der Waals surface area contributed by atoms with Crippen molar-refractivity contribution in [2.24, 2.45) is 11.8 Å². The van der Waals surface area contributed by atoms with Crippen molar-refractivity contribution in [3.8, 4) is 0 Å². The van der Waals surface area contributed by atoms with Crippen LogP contribution in [0, 0.1) is 11.8 Å². The van der Waals surface area contributed by atoms with E-state index in [-0.39, 0.29) is 12.0 Å². The molecule has 1 heterocycles. The largest absolute Gasteiger partial charge is 0.468 e. The van der Waals surface area contributed by atoms with Gasteiger partial charge >= 0.3 is 5.97 Å². The van der Waals surface area contributed by atoms with Gasteiger partial charge in [0, 0.05) is 0 Å². The number of hydrogen-bond donors (Lipinski definition) is 0. The summed E-state index contributed by atoms with van der Waals surface area (Å²) >= 11 is 0. The van der Waals surface area contributed by atoms with E-state index in [2.05, 4.69) is 18.7 Å². The third-order valence-electron chi connectivity index (χ3n) is 2.99. The number of likely N-dealkylation sites (N-methyl/N-ethyl adjacent to an activating group) is 1. The molecule has 0 aliphatic carbocycles. The topological polar surface area (TPSA) is 29.5 Å². The number of carbonyl (C=O) groups excluding carboxylic acids is 1. The highest BCUT2D eigenvalue weighted by Crippen LogP contribution is 2.29. The van der Waals surface area contributed by atoms with Crippen LogP contribution in [0.2, 0.25) is 0 Å². The fraction of sp³-hybridized carbons (Fsp3) is 0.900. The van der Waals surface area contributed by atoms with E-state index in [0.717, 1.165) is 13.0 Å². The van der Waals surface area contributed by atoms with E-state index in [1.807, 2.05) is 7.05 Å². The third kappa shape index (κ3) is 2.02. The molecule has 0 amide bonds. The first-order valence-corrected chi connectivity index (χ1v) is 4.86. The van der Waals surface area contributed by atoms with Gasteiger partial charge in [0.25, 0.3) is 0 Å². The van der Waals surface area contributed by atoms with Crippen LogP contribution in [0.25, 0.3) is 0 Å². The van der Waals surface area contributed by atoms with Gasteiger partial charge in [0.1, 0.15) is 6.04 Å². The summed E-state index contributed by atoms with van der Waals surface area (Å²) in [6.07, 6.45) is 1.11. The van der Waals surface area contributed by atoms with Gasteiger partial charge < -0.3 is 4.74 Å². The lowest BCUT2D eigenvalue weighted by molar-refractivity contribution is -0.147. The van der Waals surface area contributed by atoms with Crippen LogP contribution in [0.3, 0.4) is 0 Å². The molecule has 0 aromatic heterocycles. The number of nitrogens with zero attached hydrogens (tertiary/aromatic N) is 1. The van der Waals surface area contributed by atoms with E-state index >= 15 is 0 Å². The van der Waals surface area contributed by atoms with Crippen LogP contribution in [-0.2, 0) is 9.53 Å². The molecule has 2 atom stereocenters. The van der Waals surface area contributed by atoms with Crippen LogP contribution < -0.4 is 0 Å². The Kier molecular flexibility index (Phi) is 3.31. The van der Waals surface area contributed by atoms with E-state index in [1.165, 1.54) is 7.11 Å². The molecule has 76 valence electrons. The minimum atomic E-state index is -0.0845. The predicted molar refractivity (Wildman–Crippen MR) is 51.4 cm³/mol. The molecule has 0 N–H and O–H groups in total. The second kappa shape index (κ2) is 4.09. The number of carbonyl (C=O) groups is 1. The van der Waals surface area contributed by atoms with Gasteiger partial charge in [0.2, 0.25) is 0 Å². The van der Waals surface area contributed by atoms with Gasteiger partial charge in [0.05, 0.1) is 7.11 Å². The highest BCUT2D eigenvalue weighted by atomic mass is 16.5. The first kappa shape index (κ1) is 10.5. The summed E-state index contributed by atoms with van der Waals surface area (Å²) in [6.45, 7) is 5.34. The van der Waals surface area contributed by atoms with Gasteiger partial charge in [-0.15, -0.1) is 0 Å². The minimum absolute atomic E-state index is 0.0231. The van der Waals surface area contributed by atoms with Crippen molar-refractivity contribution in [1.29, 1.82) is 0 Å². The number of hydrogen-bond acceptors (Lipinski definition) is 3. The summed E-state index contributed by atoms with van der Waals surface area (Å²) in [5.41, 5.74) is 0. The van der Waals surface area contributed by atoms with E-state index < -0.39 is 0 Å². The van der Waals surface area contributed by atoms with Gasteiger partial charge in [-0.2, -0.15) is 0 Å². The number of rotatable bonds is 2. The highest BCUT2D eigenvalue weighted by molar-refractivity contribution is 5.76. The summed E-state index contributed by atoms with van der Waals surface area (Å²) in [4.78, 5) is 13.6. The van der Waals surface area contributed by atoms with Crippen molar-refractivity contribution in [2.75, 3.05) is 20.7 Å². The van der Waals surface area contributed by atoms with Crippen LogP contribution in [0.1, 0.15) is 20.3 Å². The highest BCUT2D eigenvalue weighted by Gasteiger charge is 2.39. The lowest BCUT2D eigenvalue weighted by Crippen LogP contribution is -2.39. The Labute approximate surface area is 80.1 Å². The summed E-state index contributed by atoms with van der Waals surface area (Å²) in [5, 5.41) is 0. The van der Waals surface area contributed by atoms with E-state index in [1.54, 1.807) is 0 Å². The molecule has 0 aromatic rings. The molecule has 1 fully saturated rings. The number of esters is 1. The van der Waals surface area contributed by atoms with Gasteiger partial charge in [-0.05, 0) is 31.8 Å². The van der Waals surface area contributed by atoms with Crippen LogP contribution in [0.4, 0.5) is 0 Å². The van der Waals surface area contributed by atoms with Crippen molar-refractivity contribution in [1.82, 2.24) is 4.90 Å². The molecule has 0 saturated carbocycles. The number of likely N-dealkylation sites (tertiary alicyclic amines) is 1. The van der Waals surface area contributed by atoms with Crippen molar-refractivity contribution >= 4 is 5.97 Å². The van der Waals surface area contributed by atoms with Gasteiger partial charge in [-0.25, -0.2) is 0 Å². The molecule has 1 rings (SSSR count). The average molecular weight is 185 g/mol. The molecular formula is C10H19NO2. The maximum absolute atomic E-state index is 11.5. The van der Waals surface area contributed by atoms with Gasteiger partial charge in [-0.3, -0.25) is 9.69 Å². The third-order valence-corrected chi connectivity index (χ3v) is 2.99. The zero-order chi connectivity index (χ0) is 10.0. The first-order chi connectivity index (χ1) is 6.07. The smallest absolute Gasteiger partial charge is 0.323 e. The van der Waals surface area contributed by atoms with Crippen molar-refractivity contribution in [3.05, 3.63) is 0 Å². The Balaban J connectivity index is 2.71. The molecule has 0 radical (unpaired) electrons. The SMILES string of the molecule is COC(=O)C1C(C(C)C)CCN1C. The van der Waals surface area contributed by atoms with Crippen LogP contribution in [0.15, 0.2) is 0 Å². The molecule has 0 bridgehead atoms. The molecule has 2 unspecified atom stereocenters. The zero-order valence-electron chi connectivity index (χ0n) is 8.91. The van der Waals surface area contributed by atoms with Crippen LogP contribution in [-0.4, -0.2) is 37.6 Å². The fourth-order valence-electron chi connectivity index (χ4n) is 2.15. The van der Waals surface area contributed by atoms with Crippen LogP contribution >= 0.6 is 0 Å². The molecule has 0 aromatic carbocycles. The molecule has 1 saturated heterocycles. The van der Waals surface area contributed by atoms with Crippen molar-refractivity contribution in [2.45, 2.75) is 26.3 Å². The summed E-state index contributed by atoms with van der Waals surface area (Å²) < 4.78 is 4.80. The average Bonchev–Trinajstić information content (AvgIpc) is 2.46. The maximum Gasteiger partial charge on any atom is 0.323 e. The van der Waals surface area contributed by atoms with E-state index in [9.17, 15) is 4.79 Å². The lowest BCUT2D eigenvalue weighted by atomic mass is 9.89. The van der Waals surface area contributed by atoms with E-state index in [4.69, 9.17) is 4.74 Å². The van der Waals surface area contributed by atoms with Gasteiger partial charge in [-0.1, -0.05) is 13.8 Å². The Morgan fingerprint density at radius 1 is 1.54 bits per heavy atom. The lowest BCUT2D eigenvalue weighted by Gasteiger charge is -2.24. The molecule has 1 aliphatic rings. The van der Waals surface area contributed by atoms with E-state index in [0.29, 0.717) is 11.8 Å². The molecule has 0 spiro atoms. The Bertz CT molecular complexity index is 191. The second-order valence-corrected chi connectivity index (χ2v) is 4.15. The Hall–Kier alpha value is -0.570. The number of methoxy groups -OCH3 is 1. The summed E-state index contributed by atoms with van der Waals surface area (Å²) in [6, 6.07) is -0.0231. The molecule has 3 heteroatoms. The van der Waals surface area contributed by atoms with Crippen molar-refractivity contribution < 1.29 is 9.53 Å². The normalized spacial score (nSPS) is 29.6. The minimum Gasteiger partial charge on any atom is -0.468 e. The second-order valence-electron chi connectivity index (χ2n) is 4.15. The zero-order valence-corrected chi connectivity index (χ0v) is 8.91. The number of ether oxygens (including phenoxy) is 1. The Morgan fingerprint density at radius 2 is 2.15 bits per heavy atom. The van der Waals surface area contributed by atoms with Gasteiger partial charge in [0.15, 0.2) is 0 Å². The molecular weight excluding hydrogens is 166 g/mol. The maximum atomic E-state index is 11.5. The quantitative estimate of drug-likeness (QED) is 0.604. The first-order valence-electron chi connectivity index (χ1n) is 4.86.